The van der Waals surface area contributed by atoms with Gasteiger partial charge >= 0.3 is 0 Å². The molecule has 0 aliphatic heterocycles. The van der Waals surface area contributed by atoms with Gasteiger partial charge in [0.05, 0.1) is 5.02 Å². The Kier molecular flexibility index (Phi) is 9.01. The standard InChI is InChI=1S/C15H23ClN2S/c1-2-3-4-5-6-9-13(18-17)12-19-15-11-8-7-10-14(15)16/h2,7-8,10-11,13,18H,1,3-6,9,12,17H2. The summed E-state index contributed by atoms with van der Waals surface area (Å²) in [4.78, 5) is 1.12. The second kappa shape index (κ2) is 10.3. The highest BCUT2D eigenvalue weighted by Crippen LogP contribution is 2.27. The summed E-state index contributed by atoms with van der Waals surface area (Å²) in [5, 5.41) is 0.814. The maximum absolute atomic E-state index is 6.13. The molecule has 4 heteroatoms. The van der Waals surface area contributed by atoms with Crippen molar-refractivity contribution < 1.29 is 0 Å². The molecule has 2 nitrogen and oxygen atoms in total. The van der Waals surface area contributed by atoms with Crippen LogP contribution in [0.3, 0.4) is 0 Å². The second-order valence-corrected chi connectivity index (χ2v) is 6.00. The van der Waals surface area contributed by atoms with Crippen molar-refractivity contribution in [3.8, 4) is 0 Å². The van der Waals surface area contributed by atoms with Crippen molar-refractivity contribution in [2.75, 3.05) is 5.75 Å². The van der Waals surface area contributed by atoms with Crippen LogP contribution >= 0.6 is 23.4 Å². The molecular formula is C15H23ClN2S. The van der Waals surface area contributed by atoms with E-state index in [1.165, 1.54) is 19.3 Å². The average Bonchev–Trinajstić information content (AvgIpc) is 2.43. The molecule has 0 saturated heterocycles. The first kappa shape index (κ1) is 16.6. The van der Waals surface area contributed by atoms with Gasteiger partial charge in [-0.25, -0.2) is 0 Å². The maximum atomic E-state index is 6.13. The summed E-state index contributed by atoms with van der Waals surface area (Å²) in [5.41, 5.74) is 2.90. The van der Waals surface area contributed by atoms with Crippen LogP contribution in [0.1, 0.15) is 32.1 Å². The van der Waals surface area contributed by atoms with Gasteiger partial charge in [0.1, 0.15) is 0 Å². The van der Waals surface area contributed by atoms with Gasteiger partial charge in [0.15, 0.2) is 0 Å². The van der Waals surface area contributed by atoms with Gasteiger partial charge in [-0.15, -0.1) is 18.3 Å². The smallest absolute Gasteiger partial charge is 0.0541 e. The first-order chi connectivity index (χ1) is 9.27. The third kappa shape index (κ3) is 7.02. The molecule has 106 valence electrons. The van der Waals surface area contributed by atoms with Crippen molar-refractivity contribution in [3.05, 3.63) is 41.9 Å². The van der Waals surface area contributed by atoms with E-state index < -0.39 is 0 Å². The highest BCUT2D eigenvalue weighted by Gasteiger charge is 2.08. The van der Waals surface area contributed by atoms with Crippen LogP contribution in [0.25, 0.3) is 0 Å². The summed E-state index contributed by atoms with van der Waals surface area (Å²) in [6.45, 7) is 3.73. The molecule has 0 spiro atoms. The Hall–Kier alpha value is -0.480. The SMILES string of the molecule is C=CCCCCCC(CSc1ccccc1Cl)NN. The molecule has 1 unspecified atom stereocenters. The molecule has 0 aromatic heterocycles. The molecule has 1 atom stereocenters. The number of nitrogens with two attached hydrogens (primary N) is 1. The third-order valence-corrected chi connectivity index (χ3v) is 4.65. The van der Waals surface area contributed by atoms with Gasteiger partial charge in [-0.3, -0.25) is 11.3 Å². The Balaban J connectivity index is 2.25. The van der Waals surface area contributed by atoms with Crippen LogP contribution in [0, 0.1) is 0 Å². The average molecular weight is 299 g/mol. The summed E-state index contributed by atoms with van der Waals surface area (Å²) in [7, 11) is 0. The van der Waals surface area contributed by atoms with E-state index in [0.717, 1.165) is 28.5 Å². The Morgan fingerprint density at radius 1 is 1.32 bits per heavy atom. The third-order valence-electron chi connectivity index (χ3n) is 2.97. The topological polar surface area (TPSA) is 38.0 Å². The van der Waals surface area contributed by atoms with E-state index >= 15 is 0 Å². The fraction of sp³-hybridized carbons (Fsp3) is 0.467. The highest BCUT2D eigenvalue weighted by atomic mass is 35.5. The Morgan fingerprint density at radius 3 is 2.79 bits per heavy atom. The monoisotopic (exact) mass is 298 g/mol. The number of hydrogen-bond donors (Lipinski definition) is 2. The predicted octanol–water partition coefficient (Wildman–Crippen LogP) is 4.40. The highest BCUT2D eigenvalue weighted by molar-refractivity contribution is 7.99. The molecule has 1 aromatic carbocycles. The number of rotatable bonds is 10. The second-order valence-electron chi connectivity index (χ2n) is 4.53. The van der Waals surface area contributed by atoms with Crippen molar-refractivity contribution in [2.45, 2.75) is 43.0 Å². The van der Waals surface area contributed by atoms with Gasteiger partial charge < -0.3 is 0 Å². The number of halogens is 1. The Morgan fingerprint density at radius 2 is 2.11 bits per heavy atom. The Labute approximate surface area is 125 Å². The summed E-state index contributed by atoms with van der Waals surface area (Å²) in [6, 6.07) is 8.26. The summed E-state index contributed by atoms with van der Waals surface area (Å²) in [6.07, 6.45) is 7.84. The van der Waals surface area contributed by atoms with Crippen LogP contribution in [0.2, 0.25) is 5.02 Å². The van der Waals surface area contributed by atoms with Gasteiger partial charge in [-0.05, 0) is 31.4 Å². The van der Waals surface area contributed by atoms with E-state index in [1.54, 1.807) is 11.8 Å². The largest absolute Gasteiger partial charge is 0.271 e. The van der Waals surface area contributed by atoms with Gasteiger partial charge in [-0.2, -0.15) is 0 Å². The van der Waals surface area contributed by atoms with E-state index in [4.69, 9.17) is 17.4 Å². The lowest BCUT2D eigenvalue weighted by Crippen LogP contribution is -2.36. The van der Waals surface area contributed by atoms with Crippen LogP contribution in [-0.2, 0) is 0 Å². The zero-order chi connectivity index (χ0) is 13.9. The zero-order valence-corrected chi connectivity index (χ0v) is 12.8. The molecule has 0 saturated carbocycles. The molecule has 0 fully saturated rings. The Bertz CT molecular complexity index is 371. The molecule has 19 heavy (non-hydrogen) atoms. The number of allylic oxidation sites excluding steroid dienone is 1. The molecule has 0 aliphatic rings. The van der Waals surface area contributed by atoms with Crippen molar-refractivity contribution >= 4 is 23.4 Å². The molecule has 0 amide bonds. The van der Waals surface area contributed by atoms with Crippen molar-refractivity contribution in [1.82, 2.24) is 5.43 Å². The minimum absolute atomic E-state index is 0.338. The first-order valence-electron chi connectivity index (χ1n) is 6.72. The van der Waals surface area contributed by atoms with E-state index in [1.807, 2.05) is 30.3 Å². The lowest BCUT2D eigenvalue weighted by Gasteiger charge is -2.15. The van der Waals surface area contributed by atoms with Crippen LogP contribution in [0.15, 0.2) is 41.8 Å². The van der Waals surface area contributed by atoms with Gasteiger partial charge in [0.25, 0.3) is 0 Å². The van der Waals surface area contributed by atoms with Crippen molar-refractivity contribution in [1.29, 1.82) is 0 Å². The van der Waals surface area contributed by atoms with Crippen LogP contribution in [0.4, 0.5) is 0 Å². The summed E-state index contributed by atoms with van der Waals surface area (Å²) < 4.78 is 0. The number of hydrogen-bond acceptors (Lipinski definition) is 3. The predicted molar refractivity (Wildman–Crippen MR) is 86.6 cm³/mol. The van der Waals surface area contributed by atoms with E-state index in [2.05, 4.69) is 12.0 Å². The normalized spacial score (nSPS) is 12.3. The number of thioether (sulfide) groups is 1. The van der Waals surface area contributed by atoms with Gasteiger partial charge in [-0.1, -0.05) is 42.7 Å². The molecule has 0 bridgehead atoms. The number of nitrogens with one attached hydrogen (secondary N) is 1. The van der Waals surface area contributed by atoms with E-state index in [-0.39, 0.29) is 0 Å². The maximum Gasteiger partial charge on any atom is 0.0541 e. The minimum atomic E-state index is 0.338. The molecule has 3 N–H and O–H groups in total. The van der Waals surface area contributed by atoms with Crippen LogP contribution < -0.4 is 11.3 Å². The summed E-state index contributed by atoms with van der Waals surface area (Å²) in [5.74, 6) is 6.55. The quantitative estimate of drug-likeness (QED) is 0.221. The fourth-order valence-electron chi connectivity index (χ4n) is 1.82. The minimum Gasteiger partial charge on any atom is -0.271 e. The van der Waals surface area contributed by atoms with Crippen molar-refractivity contribution in [3.63, 3.8) is 0 Å². The lowest BCUT2D eigenvalue weighted by atomic mass is 10.1. The number of unbranched alkanes of at least 4 members (excludes halogenated alkanes) is 3. The van der Waals surface area contributed by atoms with E-state index in [9.17, 15) is 0 Å². The lowest BCUT2D eigenvalue weighted by molar-refractivity contribution is 0.503. The molecule has 1 aromatic rings. The molecule has 1 rings (SSSR count). The first-order valence-corrected chi connectivity index (χ1v) is 8.08. The van der Waals surface area contributed by atoms with Crippen LogP contribution in [0.5, 0.6) is 0 Å². The molecule has 0 heterocycles. The van der Waals surface area contributed by atoms with Gasteiger partial charge in [0.2, 0.25) is 0 Å². The zero-order valence-electron chi connectivity index (χ0n) is 11.3. The molecule has 0 radical (unpaired) electrons. The van der Waals surface area contributed by atoms with E-state index in [0.29, 0.717) is 6.04 Å². The van der Waals surface area contributed by atoms with Crippen LogP contribution in [-0.4, -0.2) is 11.8 Å². The number of benzene rings is 1. The van der Waals surface area contributed by atoms with Gasteiger partial charge in [0, 0.05) is 16.7 Å². The molecular weight excluding hydrogens is 276 g/mol. The van der Waals surface area contributed by atoms with Crippen molar-refractivity contribution in [2.24, 2.45) is 5.84 Å². The molecule has 0 aliphatic carbocycles. The summed E-state index contributed by atoms with van der Waals surface area (Å²) >= 11 is 7.89. The fourth-order valence-corrected chi connectivity index (χ4v) is 3.15. The number of hydrazine groups is 1.